The van der Waals surface area contributed by atoms with Gasteiger partial charge in [0.1, 0.15) is 18.8 Å². The van der Waals surface area contributed by atoms with E-state index in [2.05, 4.69) is 15.8 Å². The zero-order valence-corrected chi connectivity index (χ0v) is 20.0. The zero-order valence-electron chi connectivity index (χ0n) is 16.9. The topological polar surface area (TPSA) is 79.8 Å². The Hall–Kier alpha value is -2.77. The van der Waals surface area contributed by atoms with E-state index in [0.717, 1.165) is 5.56 Å². The van der Waals surface area contributed by atoms with E-state index in [0.29, 0.717) is 37.1 Å². The van der Waals surface area contributed by atoms with Crippen molar-refractivity contribution in [1.82, 2.24) is 5.43 Å². The highest BCUT2D eigenvalue weighted by molar-refractivity contribution is 6.42. The number of hydrogen-bond acceptors (Lipinski definition) is 4. The molecule has 0 bridgehead atoms. The van der Waals surface area contributed by atoms with E-state index in [4.69, 9.17) is 51.1 Å². The summed E-state index contributed by atoms with van der Waals surface area (Å²) in [6.45, 7) is 0.267. The molecule has 3 rings (SSSR count). The number of amides is 2. The van der Waals surface area contributed by atoms with Crippen LogP contribution in [0.3, 0.4) is 0 Å². The molecule has 0 saturated carbocycles. The van der Waals surface area contributed by atoms with Crippen molar-refractivity contribution in [3.8, 4) is 5.75 Å². The average molecular weight is 525 g/mol. The number of ether oxygens (including phenoxy) is 1. The molecule has 0 spiro atoms. The lowest BCUT2D eigenvalue weighted by Crippen LogP contribution is -2.24. The third-order valence-electron chi connectivity index (χ3n) is 4.21. The second-order valence-corrected chi connectivity index (χ2v) is 8.35. The Kier molecular flexibility index (Phi) is 8.97. The van der Waals surface area contributed by atoms with E-state index < -0.39 is 18.2 Å². The number of para-hydroxylation sites is 1. The van der Waals surface area contributed by atoms with Crippen molar-refractivity contribution in [2.75, 3.05) is 5.32 Å². The largest absolute Gasteiger partial charge is 0.488 e. The fourth-order valence-corrected chi connectivity index (χ4v) is 3.27. The average Bonchev–Trinajstić information content (AvgIpc) is 2.78. The van der Waals surface area contributed by atoms with Crippen LogP contribution in [0.25, 0.3) is 0 Å². The van der Waals surface area contributed by atoms with Gasteiger partial charge in [0.05, 0.1) is 26.3 Å². The Bertz CT molecular complexity index is 1200. The number of carbonyl (C=O) groups excluding carboxylic acids is 2. The molecule has 0 aliphatic carbocycles. The fraction of sp³-hybridized carbons (Fsp3) is 0.0870. The van der Waals surface area contributed by atoms with Gasteiger partial charge in [-0.3, -0.25) is 9.59 Å². The SMILES string of the molecule is O=C(CC(=O)Nc1ccc(Cl)c(Cl)c1)NN=Cc1ccccc1OCc1ccc(Cl)c(Cl)c1. The van der Waals surface area contributed by atoms with Gasteiger partial charge >= 0.3 is 0 Å². The molecule has 170 valence electrons. The lowest BCUT2D eigenvalue weighted by Gasteiger charge is -2.09. The zero-order chi connectivity index (χ0) is 23.8. The van der Waals surface area contributed by atoms with Crippen molar-refractivity contribution in [2.24, 2.45) is 5.10 Å². The maximum Gasteiger partial charge on any atom is 0.249 e. The molecule has 33 heavy (non-hydrogen) atoms. The van der Waals surface area contributed by atoms with Crippen LogP contribution in [0, 0.1) is 0 Å². The van der Waals surface area contributed by atoms with Crippen molar-refractivity contribution in [3.05, 3.63) is 91.9 Å². The summed E-state index contributed by atoms with van der Waals surface area (Å²) in [5.41, 5.74) is 4.23. The summed E-state index contributed by atoms with van der Waals surface area (Å²) in [7, 11) is 0. The molecule has 0 unspecified atom stereocenters. The Labute approximate surface area is 210 Å². The molecule has 2 amide bonds. The maximum atomic E-state index is 12.0. The Morgan fingerprint density at radius 1 is 0.848 bits per heavy atom. The van der Waals surface area contributed by atoms with E-state index in [-0.39, 0.29) is 6.61 Å². The van der Waals surface area contributed by atoms with E-state index in [1.54, 1.807) is 42.5 Å². The Balaban J connectivity index is 1.53. The van der Waals surface area contributed by atoms with Crippen LogP contribution < -0.4 is 15.5 Å². The van der Waals surface area contributed by atoms with Gasteiger partial charge in [0.15, 0.2) is 0 Å². The molecule has 0 aromatic heterocycles. The van der Waals surface area contributed by atoms with Crippen molar-refractivity contribution in [2.45, 2.75) is 13.0 Å². The minimum absolute atomic E-state index is 0.267. The van der Waals surface area contributed by atoms with Gasteiger partial charge in [0.25, 0.3) is 0 Å². The van der Waals surface area contributed by atoms with Crippen LogP contribution >= 0.6 is 46.4 Å². The molecule has 0 heterocycles. The predicted octanol–water partition coefficient (Wildman–Crippen LogP) is 6.36. The number of halogens is 4. The highest BCUT2D eigenvalue weighted by Gasteiger charge is 2.10. The summed E-state index contributed by atoms with van der Waals surface area (Å²) in [5.74, 6) is -0.552. The predicted molar refractivity (Wildman–Crippen MR) is 133 cm³/mol. The van der Waals surface area contributed by atoms with E-state index in [1.165, 1.54) is 12.3 Å². The molecular weight excluding hydrogens is 508 g/mol. The first-order valence-corrected chi connectivity index (χ1v) is 11.1. The van der Waals surface area contributed by atoms with Crippen molar-refractivity contribution in [1.29, 1.82) is 0 Å². The quantitative estimate of drug-likeness (QED) is 0.204. The van der Waals surface area contributed by atoms with Gasteiger partial charge in [-0.25, -0.2) is 5.43 Å². The molecule has 0 radical (unpaired) electrons. The molecule has 3 aromatic rings. The molecule has 3 aromatic carbocycles. The van der Waals surface area contributed by atoms with Gasteiger partial charge in [0, 0.05) is 11.3 Å². The Morgan fingerprint density at radius 3 is 2.27 bits per heavy atom. The van der Waals surface area contributed by atoms with Gasteiger partial charge in [-0.1, -0.05) is 64.6 Å². The monoisotopic (exact) mass is 523 g/mol. The summed E-state index contributed by atoms with van der Waals surface area (Å²) in [6, 6.07) is 17.0. The maximum absolute atomic E-state index is 12.0. The first-order valence-electron chi connectivity index (χ1n) is 9.54. The standard InChI is InChI=1S/C23H17Cl4N3O3/c24-17-7-5-14(9-19(17)26)13-33-21-4-2-1-3-15(21)12-28-30-23(32)11-22(31)29-16-6-8-18(25)20(27)10-16/h1-10,12H,11,13H2,(H,29,31)(H,30,32). The minimum Gasteiger partial charge on any atom is -0.488 e. The fourth-order valence-electron chi connectivity index (χ4n) is 2.65. The summed E-state index contributed by atoms with van der Waals surface area (Å²) < 4.78 is 5.83. The molecule has 0 aliphatic rings. The van der Waals surface area contributed by atoms with E-state index >= 15 is 0 Å². The smallest absolute Gasteiger partial charge is 0.249 e. The van der Waals surface area contributed by atoms with Gasteiger partial charge in [0.2, 0.25) is 11.8 Å². The van der Waals surface area contributed by atoms with E-state index in [1.807, 2.05) is 12.1 Å². The number of benzene rings is 3. The van der Waals surface area contributed by atoms with Crippen LogP contribution in [-0.4, -0.2) is 18.0 Å². The molecule has 6 nitrogen and oxygen atoms in total. The second kappa shape index (κ2) is 11.9. The van der Waals surface area contributed by atoms with Crippen LogP contribution in [0.5, 0.6) is 5.75 Å². The van der Waals surface area contributed by atoms with E-state index in [9.17, 15) is 9.59 Å². The van der Waals surface area contributed by atoms with Crippen molar-refractivity contribution >= 4 is 70.1 Å². The number of nitrogens with zero attached hydrogens (tertiary/aromatic N) is 1. The third kappa shape index (κ3) is 7.65. The van der Waals surface area contributed by atoms with Crippen LogP contribution in [0.1, 0.15) is 17.5 Å². The summed E-state index contributed by atoms with van der Waals surface area (Å²) >= 11 is 23.7. The summed E-state index contributed by atoms with van der Waals surface area (Å²) in [5, 5.41) is 8.04. The van der Waals surface area contributed by atoms with Gasteiger partial charge in [-0.05, 0) is 48.0 Å². The van der Waals surface area contributed by atoms with Gasteiger partial charge in [-0.2, -0.15) is 5.10 Å². The molecule has 10 heteroatoms. The van der Waals surface area contributed by atoms with Gasteiger partial charge in [-0.15, -0.1) is 0 Å². The molecule has 0 fully saturated rings. The molecule has 0 atom stereocenters. The lowest BCUT2D eigenvalue weighted by atomic mass is 10.2. The molecular formula is C23H17Cl4N3O3. The number of nitrogens with one attached hydrogen (secondary N) is 2. The van der Waals surface area contributed by atoms with Crippen LogP contribution in [-0.2, 0) is 16.2 Å². The molecule has 2 N–H and O–H groups in total. The Morgan fingerprint density at radius 2 is 1.55 bits per heavy atom. The molecule has 0 aliphatic heterocycles. The van der Waals surface area contributed by atoms with Crippen molar-refractivity contribution in [3.63, 3.8) is 0 Å². The number of carbonyl (C=O) groups is 2. The third-order valence-corrected chi connectivity index (χ3v) is 5.69. The van der Waals surface area contributed by atoms with Crippen LogP contribution in [0.4, 0.5) is 5.69 Å². The lowest BCUT2D eigenvalue weighted by molar-refractivity contribution is -0.126. The van der Waals surface area contributed by atoms with Crippen molar-refractivity contribution < 1.29 is 14.3 Å². The minimum atomic E-state index is -0.585. The highest BCUT2D eigenvalue weighted by atomic mass is 35.5. The first kappa shape index (κ1) is 24.9. The normalized spacial score (nSPS) is 10.8. The number of hydrogen-bond donors (Lipinski definition) is 2. The van der Waals surface area contributed by atoms with Crippen LogP contribution in [0.2, 0.25) is 20.1 Å². The highest BCUT2D eigenvalue weighted by Crippen LogP contribution is 2.25. The summed E-state index contributed by atoms with van der Waals surface area (Å²) in [4.78, 5) is 24.1. The van der Waals surface area contributed by atoms with Gasteiger partial charge < -0.3 is 10.1 Å². The number of anilines is 1. The van der Waals surface area contributed by atoms with Crippen LogP contribution in [0.15, 0.2) is 65.8 Å². The molecule has 0 saturated heterocycles. The second-order valence-electron chi connectivity index (χ2n) is 6.72. The number of hydrazone groups is 1. The first-order chi connectivity index (χ1) is 15.8. The number of rotatable bonds is 8. The summed E-state index contributed by atoms with van der Waals surface area (Å²) in [6.07, 6.45) is 1.01.